The molecule has 1 rings (SSSR count). The Bertz CT molecular complexity index is 180. The molecule has 1 saturated carbocycles. The van der Waals surface area contributed by atoms with Crippen molar-refractivity contribution in [3.63, 3.8) is 0 Å². The molecule has 1 aliphatic rings. The molecule has 0 heterocycles. The van der Waals surface area contributed by atoms with Crippen molar-refractivity contribution >= 4 is 11.1 Å². The average Bonchev–Trinajstić information content (AvgIpc) is 2.49. The Balaban J connectivity index is 2.55. The SMILES string of the molecule is N#CCC1(S(=O)[O-])CC1. The van der Waals surface area contributed by atoms with Gasteiger partial charge in [0.15, 0.2) is 0 Å². The molecule has 0 N–H and O–H groups in total. The molecule has 0 radical (unpaired) electrons. The molecule has 0 aromatic heterocycles. The highest BCUT2D eigenvalue weighted by Gasteiger charge is 2.43. The number of nitriles is 1. The van der Waals surface area contributed by atoms with Crippen LogP contribution in [0, 0.1) is 11.3 Å². The molecule has 1 atom stereocenters. The lowest BCUT2D eigenvalue weighted by Gasteiger charge is -2.13. The quantitative estimate of drug-likeness (QED) is 0.524. The number of rotatable bonds is 2. The summed E-state index contributed by atoms with van der Waals surface area (Å²) in [4.78, 5) is 0. The van der Waals surface area contributed by atoms with Gasteiger partial charge >= 0.3 is 0 Å². The van der Waals surface area contributed by atoms with Crippen LogP contribution in [0.4, 0.5) is 0 Å². The summed E-state index contributed by atoms with van der Waals surface area (Å²) in [6, 6.07) is 1.86. The van der Waals surface area contributed by atoms with Crippen molar-refractivity contribution in [2.45, 2.75) is 24.0 Å². The molecule has 0 aromatic rings. The molecule has 0 amide bonds. The van der Waals surface area contributed by atoms with E-state index >= 15 is 0 Å². The summed E-state index contributed by atoms with van der Waals surface area (Å²) in [6.07, 6.45) is 1.48. The standard InChI is InChI=1S/C5H7NO2S/c6-4-3-5(1-2-5)9(7)8/h1-3H2,(H,7,8)/p-1. The summed E-state index contributed by atoms with van der Waals surface area (Å²) in [5.74, 6) is 0. The van der Waals surface area contributed by atoms with E-state index in [1.807, 2.05) is 6.07 Å². The first kappa shape index (κ1) is 6.72. The topological polar surface area (TPSA) is 63.9 Å². The highest BCUT2D eigenvalue weighted by molar-refractivity contribution is 7.81. The van der Waals surface area contributed by atoms with Crippen LogP contribution in [0.2, 0.25) is 0 Å². The number of hydrogen-bond donors (Lipinski definition) is 0. The molecular weight excluding hydrogens is 138 g/mol. The van der Waals surface area contributed by atoms with Gasteiger partial charge in [-0.3, -0.25) is 4.21 Å². The van der Waals surface area contributed by atoms with Gasteiger partial charge in [0.1, 0.15) is 0 Å². The summed E-state index contributed by atoms with van der Waals surface area (Å²) in [6.45, 7) is 0. The predicted molar refractivity (Wildman–Crippen MR) is 31.1 cm³/mol. The summed E-state index contributed by atoms with van der Waals surface area (Å²) < 4.78 is 20.0. The van der Waals surface area contributed by atoms with Crippen LogP contribution in [0.1, 0.15) is 19.3 Å². The zero-order chi connectivity index (χ0) is 6.91. The molecule has 1 aliphatic carbocycles. The zero-order valence-electron chi connectivity index (χ0n) is 4.79. The van der Waals surface area contributed by atoms with Crippen LogP contribution in [0.15, 0.2) is 0 Å². The van der Waals surface area contributed by atoms with Gasteiger partial charge in [-0.05, 0) is 23.9 Å². The molecular formula is C5H6NO2S-. The fraction of sp³-hybridized carbons (Fsp3) is 0.800. The minimum absolute atomic E-state index is 0.156. The van der Waals surface area contributed by atoms with Crippen LogP contribution in [0.3, 0.4) is 0 Å². The first-order valence-electron chi connectivity index (χ1n) is 2.68. The molecule has 4 heteroatoms. The summed E-state index contributed by atoms with van der Waals surface area (Å²) in [5.41, 5.74) is 0. The molecule has 50 valence electrons. The molecule has 0 aromatic carbocycles. The Morgan fingerprint density at radius 3 is 2.44 bits per heavy atom. The largest absolute Gasteiger partial charge is 0.772 e. The number of nitrogens with zero attached hydrogens (tertiary/aromatic N) is 1. The van der Waals surface area contributed by atoms with Crippen molar-refractivity contribution in [2.24, 2.45) is 0 Å². The summed E-state index contributed by atoms with van der Waals surface area (Å²) in [5, 5.41) is 8.17. The van der Waals surface area contributed by atoms with Gasteiger partial charge in [0.25, 0.3) is 0 Å². The zero-order valence-corrected chi connectivity index (χ0v) is 5.61. The van der Waals surface area contributed by atoms with Crippen molar-refractivity contribution in [3.05, 3.63) is 0 Å². The highest BCUT2D eigenvalue weighted by Crippen LogP contribution is 2.43. The maximum absolute atomic E-state index is 10.3. The fourth-order valence-electron chi connectivity index (χ4n) is 0.686. The smallest absolute Gasteiger partial charge is 0.0636 e. The Morgan fingerprint density at radius 2 is 2.33 bits per heavy atom. The Labute approximate surface area is 56.0 Å². The van der Waals surface area contributed by atoms with E-state index in [9.17, 15) is 8.76 Å². The van der Waals surface area contributed by atoms with Gasteiger partial charge in [-0.25, -0.2) is 0 Å². The highest BCUT2D eigenvalue weighted by atomic mass is 32.2. The van der Waals surface area contributed by atoms with E-state index in [2.05, 4.69) is 0 Å². The molecule has 0 spiro atoms. The van der Waals surface area contributed by atoms with E-state index in [0.717, 1.165) is 0 Å². The van der Waals surface area contributed by atoms with E-state index in [0.29, 0.717) is 12.8 Å². The minimum atomic E-state index is -2.04. The maximum Gasteiger partial charge on any atom is 0.0636 e. The van der Waals surface area contributed by atoms with Crippen molar-refractivity contribution < 1.29 is 8.76 Å². The molecule has 0 saturated heterocycles. The van der Waals surface area contributed by atoms with Crippen LogP contribution in [0.5, 0.6) is 0 Å². The fourth-order valence-corrected chi connectivity index (χ4v) is 1.30. The van der Waals surface area contributed by atoms with E-state index in [1.54, 1.807) is 0 Å². The van der Waals surface area contributed by atoms with E-state index in [1.165, 1.54) is 0 Å². The third-order valence-corrected chi connectivity index (χ3v) is 2.82. The normalized spacial score (nSPS) is 24.4. The van der Waals surface area contributed by atoms with Crippen molar-refractivity contribution in [1.29, 1.82) is 5.26 Å². The van der Waals surface area contributed by atoms with E-state index in [-0.39, 0.29) is 6.42 Å². The van der Waals surface area contributed by atoms with Gasteiger partial charge in [-0.15, -0.1) is 0 Å². The van der Waals surface area contributed by atoms with Crippen LogP contribution < -0.4 is 0 Å². The average molecular weight is 144 g/mol. The van der Waals surface area contributed by atoms with Crippen LogP contribution in [-0.4, -0.2) is 13.5 Å². The number of hydrogen-bond acceptors (Lipinski definition) is 3. The van der Waals surface area contributed by atoms with Gasteiger partial charge in [-0.1, -0.05) is 0 Å². The Hall–Kier alpha value is -0.400. The molecule has 0 bridgehead atoms. The molecule has 1 unspecified atom stereocenters. The second kappa shape index (κ2) is 2.09. The van der Waals surface area contributed by atoms with Crippen LogP contribution in [-0.2, 0) is 11.1 Å². The lowest BCUT2D eigenvalue weighted by molar-refractivity contribution is 0.519. The van der Waals surface area contributed by atoms with Gasteiger partial charge in [0.2, 0.25) is 0 Å². The summed E-state index contributed by atoms with van der Waals surface area (Å²) in [7, 11) is 0. The maximum atomic E-state index is 10.3. The van der Waals surface area contributed by atoms with E-state index < -0.39 is 15.8 Å². The molecule has 0 aliphatic heterocycles. The first-order chi connectivity index (χ1) is 4.21. The molecule has 1 fully saturated rings. The van der Waals surface area contributed by atoms with Crippen molar-refractivity contribution in [2.75, 3.05) is 0 Å². The van der Waals surface area contributed by atoms with Crippen LogP contribution >= 0.6 is 0 Å². The summed E-state index contributed by atoms with van der Waals surface area (Å²) >= 11 is -2.04. The minimum Gasteiger partial charge on any atom is -0.772 e. The molecule has 3 nitrogen and oxygen atoms in total. The third kappa shape index (κ3) is 1.12. The van der Waals surface area contributed by atoms with Crippen molar-refractivity contribution in [1.82, 2.24) is 0 Å². The third-order valence-electron chi connectivity index (χ3n) is 1.56. The first-order valence-corrected chi connectivity index (χ1v) is 3.75. The van der Waals surface area contributed by atoms with Gasteiger partial charge in [0.05, 0.1) is 12.5 Å². The van der Waals surface area contributed by atoms with Crippen molar-refractivity contribution in [3.8, 4) is 6.07 Å². The Kier molecular flexibility index (Phi) is 1.56. The second-order valence-corrected chi connectivity index (χ2v) is 3.59. The lowest BCUT2D eigenvalue weighted by atomic mass is 10.3. The van der Waals surface area contributed by atoms with E-state index in [4.69, 9.17) is 5.26 Å². The Morgan fingerprint density at radius 1 is 1.78 bits per heavy atom. The van der Waals surface area contributed by atoms with Gasteiger partial charge < -0.3 is 4.55 Å². The van der Waals surface area contributed by atoms with Gasteiger partial charge in [0, 0.05) is 4.75 Å². The second-order valence-electron chi connectivity index (χ2n) is 2.25. The van der Waals surface area contributed by atoms with Crippen LogP contribution in [0.25, 0.3) is 0 Å². The van der Waals surface area contributed by atoms with Gasteiger partial charge in [-0.2, -0.15) is 5.26 Å². The lowest BCUT2D eigenvalue weighted by Crippen LogP contribution is -2.14. The monoisotopic (exact) mass is 144 g/mol. The predicted octanol–water partition coefficient (Wildman–Crippen LogP) is 0.312. The molecule has 9 heavy (non-hydrogen) atoms.